The normalized spacial score (nSPS) is 15.1. The molecule has 0 fully saturated rings. The summed E-state index contributed by atoms with van der Waals surface area (Å²) in [7, 11) is 0. The molecule has 88 valence electrons. The monoisotopic (exact) mass is 219 g/mol. The smallest absolute Gasteiger partial charge is 0.148 e. The van der Waals surface area contributed by atoms with E-state index in [2.05, 4.69) is 51.1 Å². The lowest BCUT2D eigenvalue weighted by Crippen LogP contribution is -2.38. The lowest BCUT2D eigenvalue weighted by molar-refractivity contribution is 0.591. The van der Waals surface area contributed by atoms with Crippen molar-refractivity contribution in [3.8, 4) is 0 Å². The Morgan fingerprint density at radius 1 is 1.31 bits per heavy atom. The number of aromatic nitrogens is 1. The maximum atomic E-state index is 4.78. The molecule has 3 heteroatoms. The van der Waals surface area contributed by atoms with Crippen LogP contribution in [0.4, 0.5) is 5.82 Å². The zero-order valence-corrected chi connectivity index (χ0v) is 10.8. The van der Waals surface area contributed by atoms with E-state index in [0.717, 1.165) is 12.4 Å². The first-order valence-corrected chi connectivity index (χ1v) is 6.04. The summed E-state index contributed by atoms with van der Waals surface area (Å²) in [6, 6.07) is 2.66. The van der Waals surface area contributed by atoms with Gasteiger partial charge in [-0.25, -0.2) is 10.4 Å². The molecule has 1 aromatic rings. The van der Waals surface area contributed by atoms with Crippen LogP contribution in [0, 0.1) is 6.92 Å². The fourth-order valence-corrected chi connectivity index (χ4v) is 2.09. The molecule has 0 saturated heterocycles. The molecule has 0 amide bonds. The fourth-order valence-electron chi connectivity index (χ4n) is 2.09. The van der Waals surface area contributed by atoms with Crippen LogP contribution in [-0.2, 0) is 6.54 Å². The van der Waals surface area contributed by atoms with Crippen LogP contribution >= 0.6 is 0 Å². The summed E-state index contributed by atoms with van der Waals surface area (Å²) < 4.78 is 0. The van der Waals surface area contributed by atoms with Crippen molar-refractivity contribution in [1.29, 1.82) is 0 Å². The molecule has 0 bridgehead atoms. The Balaban J connectivity index is 2.48. The number of hydrogen-bond donors (Lipinski definition) is 1. The van der Waals surface area contributed by atoms with Gasteiger partial charge in [-0.15, -0.1) is 0 Å². The Morgan fingerprint density at radius 2 is 2.00 bits per heavy atom. The topological polar surface area (TPSA) is 28.2 Å². The van der Waals surface area contributed by atoms with Crippen LogP contribution in [0.3, 0.4) is 0 Å². The quantitative estimate of drug-likeness (QED) is 0.829. The number of rotatable bonds is 2. The number of hydrazine groups is 1. The van der Waals surface area contributed by atoms with E-state index in [1.54, 1.807) is 0 Å². The molecule has 1 aromatic heterocycles. The lowest BCUT2D eigenvalue weighted by atomic mass is 10.0. The lowest BCUT2D eigenvalue weighted by Gasteiger charge is -2.23. The number of pyridine rings is 1. The fraction of sp³-hybridized carbons (Fsp3) is 0.615. The summed E-state index contributed by atoms with van der Waals surface area (Å²) in [5.41, 5.74) is 7.28. The van der Waals surface area contributed by atoms with Crippen LogP contribution < -0.4 is 10.4 Å². The van der Waals surface area contributed by atoms with Crippen molar-refractivity contribution in [2.24, 2.45) is 0 Å². The van der Waals surface area contributed by atoms with E-state index in [9.17, 15) is 0 Å². The molecule has 16 heavy (non-hydrogen) atoms. The highest BCUT2D eigenvalue weighted by molar-refractivity contribution is 5.55. The van der Waals surface area contributed by atoms with E-state index in [4.69, 9.17) is 4.98 Å². The van der Waals surface area contributed by atoms with Gasteiger partial charge in [0.25, 0.3) is 0 Å². The maximum Gasteiger partial charge on any atom is 0.148 e. The van der Waals surface area contributed by atoms with E-state index in [1.807, 2.05) is 0 Å². The van der Waals surface area contributed by atoms with E-state index in [-0.39, 0.29) is 0 Å². The van der Waals surface area contributed by atoms with Crippen molar-refractivity contribution in [3.05, 3.63) is 22.9 Å². The number of anilines is 1. The third-order valence-electron chi connectivity index (χ3n) is 3.11. The number of nitrogens with one attached hydrogen (secondary N) is 1. The van der Waals surface area contributed by atoms with Gasteiger partial charge in [0.05, 0.1) is 0 Å². The standard InChI is InChI=1S/C13H21N3/c1-8(2)12-6-10(5)11-7-14-16(9(3)4)13(11)15-12/h6,8-9,14H,7H2,1-5H3. The first kappa shape index (κ1) is 11.4. The van der Waals surface area contributed by atoms with E-state index < -0.39 is 0 Å². The molecule has 3 nitrogen and oxygen atoms in total. The zero-order valence-electron chi connectivity index (χ0n) is 10.8. The van der Waals surface area contributed by atoms with Crippen LogP contribution in [0.5, 0.6) is 0 Å². The van der Waals surface area contributed by atoms with Gasteiger partial charge in [-0.3, -0.25) is 5.01 Å². The Labute approximate surface area is 97.8 Å². The molecule has 1 aliphatic heterocycles. The van der Waals surface area contributed by atoms with Crippen molar-refractivity contribution in [2.75, 3.05) is 5.01 Å². The molecule has 0 unspecified atom stereocenters. The molecular weight excluding hydrogens is 198 g/mol. The second-order valence-electron chi connectivity index (χ2n) is 5.12. The van der Waals surface area contributed by atoms with Gasteiger partial charge in [0.2, 0.25) is 0 Å². The Bertz CT molecular complexity index is 396. The molecule has 0 aromatic carbocycles. The first-order valence-electron chi connectivity index (χ1n) is 6.04. The van der Waals surface area contributed by atoms with Gasteiger partial charge in [0.15, 0.2) is 0 Å². The summed E-state index contributed by atoms with van der Waals surface area (Å²) in [4.78, 5) is 4.78. The van der Waals surface area contributed by atoms with Crippen molar-refractivity contribution >= 4 is 5.82 Å². The molecular formula is C13H21N3. The van der Waals surface area contributed by atoms with Crippen molar-refractivity contribution < 1.29 is 0 Å². The van der Waals surface area contributed by atoms with Gasteiger partial charge >= 0.3 is 0 Å². The minimum absolute atomic E-state index is 0.440. The van der Waals surface area contributed by atoms with Crippen LogP contribution in [-0.4, -0.2) is 11.0 Å². The molecule has 0 atom stereocenters. The average molecular weight is 219 g/mol. The summed E-state index contributed by atoms with van der Waals surface area (Å²) in [5, 5.41) is 2.17. The van der Waals surface area contributed by atoms with Gasteiger partial charge in [0.1, 0.15) is 5.82 Å². The molecule has 1 N–H and O–H groups in total. The minimum atomic E-state index is 0.440. The second-order valence-corrected chi connectivity index (χ2v) is 5.12. The number of fused-ring (bicyclic) bond motifs is 1. The number of hydrogen-bond acceptors (Lipinski definition) is 3. The second kappa shape index (κ2) is 4.06. The summed E-state index contributed by atoms with van der Waals surface area (Å²) in [5.74, 6) is 1.61. The van der Waals surface area contributed by atoms with Crippen LogP contribution in [0.2, 0.25) is 0 Å². The Morgan fingerprint density at radius 3 is 2.56 bits per heavy atom. The molecule has 0 aliphatic carbocycles. The van der Waals surface area contributed by atoms with Gasteiger partial charge in [-0.05, 0) is 38.3 Å². The number of aryl methyl sites for hydroxylation is 1. The Kier molecular flexibility index (Phi) is 2.89. The minimum Gasteiger partial charge on any atom is -0.289 e. The van der Waals surface area contributed by atoms with Gasteiger partial charge in [-0.2, -0.15) is 0 Å². The third kappa shape index (κ3) is 1.80. The van der Waals surface area contributed by atoms with Crippen LogP contribution in [0.1, 0.15) is 50.4 Å². The third-order valence-corrected chi connectivity index (χ3v) is 3.11. The van der Waals surface area contributed by atoms with Crippen LogP contribution in [0.15, 0.2) is 6.07 Å². The van der Waals surface area contributed by atoms with E-state index in [0.29, 0.717) is 12.0 Å². The summed E-state index contributed by atoms with van der Waals surface area (Å²) in [6.07, 6.45) is 0. The van der Waals surface area contributed by atoms with Crippen molar-refractivity contribution in [2.45, 2.75) is 53.1 Å². The SMILES string of the molecule is Cc1cc(C(C)C)nc2c1CNN2C(C)C. The average Bonchev–Trinajstić information content (AvgIpc) is 2.61. The molecule has 0 radical (unpaired) electrons. The highest BCUT2D eigenvalue weighted by Crippen LogP contribution is 2.29. The largest absolute Gasteiger partial charge is 0.289 e. The molecule has 0 saturated carbocycles. The van der Waals surface area contributed by atoms with E-state index >= 15 is 0 Å². The highest BCUT2D eigenvalue weighted by Gasteiger charge is 2.25. The molecule has 2 rings (SSSR count). The van der Waals surface area contributed by atoms with E-state index in [1.165, 1.54) is 16.8 Å². The summed E-state index contributed by atoms with van der Waals surface area (Å²) in [6.45, 7) is 11.8. The predicted octanol–water partition coefficient (Wildman–Crippen LogP) is 2.75. The maximum absolute atomic E-state index is 4.78. The van der Waals surface area contributed by atoms with Gasteiger partial charge < -0.3 is 0 Å². The van der Waals surface area contributed by atoms with Crippen molar-refractivity contribution in [3.63, 3.8) is 0 Å². The summed E-state index contributed by atoms with van der Waals surface area (Å²) >= 11 is 0. The predicted molar refractivity (Wildman–Crippen MR) is 67.5 cm³/mol. The highest BCUT2D eigenvalue weighted by atomic mass is 15.6. The van der Waals surface area contributed by atoms with Crippen molar-refractivity contribution in [1.82, 2.24) is 10.4 Å². The molecule has 0 spiro atoms. The molecule has 2 heterocycles. The van der Waals surface area contributed by atoms with Gasteiger partial charge in [-0.1, -0.05) is 13.8 Å². The number of nitrogens with zero attached hydrogens (tertiary/aromatic N) is 2. The zero-order chi connectivity index (χ0) is 11.9. The Hall–Kier alpha value is -1.09. The van der Waals surface area contributed by atoms with Crippen LogP contribution in [0.25, 0.3) is 0 Å². The van der Waals surface area contributed by atoms with Gasteiger partial charge in [0, 0.05) is 23.8 Å². The first-order chi connectivity index (χ1) is 7.50. The molecule has 1 aliphatic rings.